The summed E-state index contributed by atoms with van der Waals surface area (Å²) < 4.78 is 35.3. The average molecular weight is 598 g/mol. The van der Waals surface area contributed by atoms with Crippen LogP contribution in [0.1, 0.15) is 22.3 Å². The summed E-state index contributed by atoms with van der Waals surface area (Å²) in [6.07, 6.45) is -0.529. The molecule has 1 atom stereocenters. The Bertz CT molecular complexity index is 1690. The average Bonchev–Trinajstić information content (AvgIpc) is 3.03. The Morgan fingerprint density at radius 1 is 0.884 bits per heavy atom. The fourth-order valence-electron chi connectivity index (χ4n) is 5.05. The highest BCUT2D eigenvalue weighted by molar-refractivity contribution is 7.89. The van der Waals surface area contributed by atoms with Gasteiger partial charge in [0, 0.05) is 13.1 Å². The fourth-order valence-corrected chi connectivity index (χ4v) is 6.75. The Hall–Kier alpha value is -4.47. The summed E-state index contributed by atoms with van der Waals surface area (Å²) in [5, 5.41) is 2.89. The number of para-hydroxylation sites is 2. The molecule has 222 valence electrons. The molecule has 2 amide bonds. The van der Waals surface area contributed by atoms with Crippen LogP contribution in [0.4, 0.5) is 5.69 Å². The lowest BCUT2D eigenvalue weighted by Gasteiger charge is -2.35. The number of ether oxygens (including phenoxy) is 1. The van der Waals surface area contributed by atoms with Gasteiger partial charge in [-0.1, -0.05) is 84.9 Å². The first-order chi connectivity index (χ1) is 20.7. The zero-order valence-electron chi connectivity index (χ0n) is 24.3. The van der Waals surface area contributed by atoms with Crippen LogP contribution < -0.4 is 15.0 Å². The molecule has 8 nitrogen and oxygen atoms in total. The summed E-state index contributed by atoms with van der Waals surface area (Å²) in [5.41, 5.74) is 3.81. The molecule has 0 unspecified atom stereocenters. The summed E-state index contributed by atoms with van der Waals surface area (Å²) in [6, 6.07) is 31.3. The van der Waals surface area contributed by atoms with E-state index in [2.05, 4.69) is 5.32 Å². The van der Waals surface area contributed by atoms with Crippen molar-refractivity contribution in [2.24, 2.45) is 0 Å². The molecule has 1 heterocycles. The minimum Gasteiger partial charge on any atom is -0.477 e. The van der Waals surface area contributed by atoms with Gasteiger partial charge in [0.05, 0.1) is 23.7 Å². The number of aryl methyl sites for hydroxylation is 2. The van der Waals surface area contributed by atoms with E-state index in [1.54, 1.807) is 43.3 Å². The van der Waals surface area contributed by atoms with Crippen molar-refractivity contribution >= 4 is 27.5 Å². The van der Waals surface area contributed by atoms with E-state index in [1.807, 2.05) is 73.7 Å². The second-order valence-corrected chi connectivity index (χ2v) is 12.5. The molecule has 4 aromatic rings. The number of nitrogens with zero attached hydrogens (tertiary/aromatic N) is 2. The van der Waals surface area contributed by atoms with E-state index in [0.29, 0.717) is 30.0 Å². The predicted octanol–water partition coefficient (Wildman–Crippen LogP) is 4.65. The van der Waals surface area contributed by atoms with Crippen molar-refractivity contribution in [2.75, 3.05) is 24.5 Å². The van der Waals surface area contributed by atoms with Gasteiger partial charge < -0.3 is 15.0 Å². The van der Waals surface area contributed by atoms with Crippen LogP contribution in [-0.4, -0.2) is 50.3 Å². The minimum absolute atomic E-state index is 0.0491. The van der Waals surface area contributed by atoms with Crippen LogP contribution in [0.3, 0.4) is 0 Å². The number of hydrogen-bond acceptors (Lipinski definition) is 5. The van der Waals surface area contributed by atoms with Gasteiger partial charge in [0.25, 0.3) is 5.91 Å². The molecule has 0 saturated heterocycles. The molecular weight excluding hydrogens is 562 g/mol. The van der Waals surface area contributed by atoms with Crippen LogP contribution in [0.5, 0.6) is 5.75 Å². The van der Waals surface area contributed by atoms with Crippen molar-refractivity contribution in [2.45, 2.75) is 37.8 Å². The van der Waals surface area contributed by atoms with E-state index in [1.165, 1.54) is 9.21 Å². The van der Waals surface area contributed by atoms with E-state index in [9.17, 15) is 18.0 Å². The standard InChI is InChI=1S/C34H35N3O5S/c1-25-17-18-26(2)32(21-25)43(40,41)36(20-19-27-11-5-3-6-12-27)24-33(38)37-23-31(42-30-16-10-9-15-29(30)37)34(39)35-22-28-13-7-4-8-14-28/h3-18,21,31H,19-20,22-24H2,1-2H3,(H,35,39)/t31-/m0/s1. The lowest BCUT2D eigenvalue weighted by molar-refractivity contribution is -0.128. The lowest BCUT2D eigenvalue weighted by atomic mass is 10.1. The topological polar surface area (TPSA) is 96.0 Å². The highest BCUT2D eigenvalue weighted by atomic mass is 32.2. The van der Waals surface area contributed by atoms with Crippen LogP contribution in [0, 0.1) is 13.8 Å². The smallest absolute Gasteiger partial charge is 0.263 e. The van der Waals surface area contributed by atoms with Crippen molar-refractivity contribution in [3.05, 3.63) is 125 Å². The maximum atomic E-state index is 14.0. The monoisotopic (exact) mass is 597 g/mol. The van der Waals surface area contributed by atoms with Gasteiger partial charge in [-0.15, -0.1) is 0 Å². The maximum absolute atomic E-state index is 14.0. The van der Waals surface area contributed by atoms with Gasteiger partial charge in [-0.2, -0.15) is 4.31 Å². The zero-order chi connectivity index (χ0) is 30.4. The quantitative estimate of drug-likeness (QED) is 0.287. The van der Waals surface area contributed by atoms with Crippen LogP contribution in [0.15, 0.2) is 108 Å². The molecule has 0 saturated carbocycles. The van der Waals surface area contributed by atoms with E-state index in [-0.39, 0.29) is 23.9 Å². The molecule has 0 aromatic heterocycles. The van der Waals surface area contributed by atoms with Gasteiger partial charge >= 0.3 is 0 Å². The van der Waals surface area contributed by atoms with Crippen molar-refractivity contribution in [3.8, 4) is 5.75 Å². The van der Waals surface area contributed by atoms with Gasteiger partial charge in [-0.05, 0) is 60.7 Å². The number of benzene rings is 4. The third-order valence-electron chi connectivity index (χ3n) is 7.44. The highest BCUT2D eigenvalue weighted by Crippen LogP contribution is 2.34. The van der Waals surface area contributed by atoms with Crippen LogP contribution in [0.25, 0.3) is 0 Å². The van der Waals surface area contributed by atoms with Gasteiger partial charge in [0.15, 0.2) is 6.10 Å². The Labute approximate surface area is 253 Å². The number of sulfonamides is 1. The molecule has 1 aliphatic heterocycles. The Morgan fingerprint density at radius 3 is 2.26 bits per heavy atom. The number of carbonyl (C=O) groups is 2. The minimum atomic E-state index is -4.03. The predicted molar refractivity (Wildman–Crippen MR) is 166 cm³/mol. The Morgan fingerprint density at radius 2 is 1.53 bits per heavy atom. The van der Waals surface area contributed by atoms with Crippen LogP contribution in [0.2, 0.25) is 0 Å². The second kappa shape index (κ2) is 13.2. The molecule has 43 heavy (non-hydrogen) atoms. The van der Waals surface area contributed by atoms with Gasteiger partial charge in [0.2, 0.25) is 15.9 Å². The van der Waals surface area contributed by atoms with Crippen LogP contribution >= 0.6 is 0 Å². The number of carbonyl (C=O) groups excluding carboxylic acids is 2. The lowest BCUT2D eigenvalue weighted by Crippen LogP contribution is -2.53. The largest absolute Gasteiger partial charge is 0.477 e. The molecule has 0 bridgehead atoms. The first-order valence-corrected chi connectivity index (χ1v) is 15.7. The molecule has 5 rings (SSSR count). The van der Waals surface area contributed by atoms with E-state index in [4.69, 9.17) is 4.74 Å². The molecular formula is C34H35N3O5S. The van der Waals surface area contributed by atoms with Gasteiger partial charge in [-0.25, -0.2) is 8.42 Å². The SMILES string of the molecule is Cc1ccc(C)c(S(=O)(=O)N(CCc2ccccc2)CC(=O)N2C[C@@H](C(=O)NCc3ccccc3)Oc3ccccc32)c1. The molecule has 4 aromatic carbocycles. The summed E-state index contributed by atoms with van der Waals surface area (Å²) in [7, 11) is -4.03. The van der Waals surface area contributed by atoms with E-state index < -0.39 is 28.6 Å². The fraction of sp³-hybridized carbons (Fsp3) is 0.235. The molecule has 0 aliphatic carbocycles. The number of hydrogen-bond donors (Lipinski definition) is 1. The van der Waals surface area contributed by atoms with Crippen molar-refractivity contribution in [1.82, 2.24) is 9.62 Å². The number of anilines is 1. The van der Waals surface area contributed by atoms with Crippen LogP contribution in [-0.2, 0) is 32.6 Å². The Balaban J connectivity index is 1.40. The number of nitrogens with one attached hydrogen (secondary N) is 1. The summed E-state index contributed by atoms with van der Waals surface area (Å²) in [5.74, 6) is -0.422. The molecule has 1 N–H and O–H groups in total. The number of fused-ring (bicyclic) bond motifs is 1. The molecule has 0 radical (unpaired) electrons. The summed E-state index contributed by atoms with van der Waals surface area (Å²) in [6.45, 7) is 3.57. The molecule has 0 fully saturated rings. The number of amides is 2. The molecule has 9 heteroatoms. The normalized spacial score (nSPS) is 14.6. The van der Waals surface area contributed by atoms with Crippen molar-refractivity contribution in [1.29, 1.82) is 0 Å². The first kappa shape index (κ1) is 30.0. The second-order valence-electron chi connectivity index (χ2n) is 10.6. The van der Waals surface area contributed by atoms with Gasteiger partial charge in [-0.3, -0.25) is 9.59 Å². The van der Waals surface area contributed by atoms with Crippen molar-refractivity contribution in [3.63, 3.8) is 0 Å². The zero-order valence-corrected chi connectivity index (χ0v) is 25.1. The maximum Gasteiger partial charge on any atom is 0.263 e. The first-order valence-electron chi connectivity index (χ1n) is 14.2. The summed E-state index contributed by atoms with van der Waals surface area (Å²) >= 11 is 0. The van der Waals surface area contributed by atoms with Gasteiger partial charge in [0.1, 0.15) is 5.75 Å². The Kier molecular flexibility index (Phi) is 9.23. The third-order valence-corrected chi connectivity index (χ3v) is 9.43. The molecule has 0 spiro atoms. The van der Waals surface area contributed by atoms with E-state index in [0.717, 1.165) is 16.7 Å². The van der Waals surface area contributed by atoms with Crippen molar-refractivity contribution < 1.29 is 22.7 Å². The van der Waals surface area contributed by atoms with E-state index >= 15 is 0 Å². The molecule has 1 aliphatic rings. The number of rotatable bonds is 10. The summed E-state index contributed by atoms with van der Waals surface area (Å²) in [4.78, 5) is 28.8. The third kappa shape index (κ3) is 7.13. The highest BCUT2D eigenvalue weighted by Gasteiger charge is 2.36.